The van der Waals surface area contributed by atoms with Gasteiger partial charge in [-0.1, -0.05) is 11.2 Å². The molecular formula is C18H21FN4OS. The first-order valence-electron chi connectivity index (χ1n) is 8.12. The van der Waals surface area contributed by atoms with Gasteiger partial charge in [0.25, 0.3) is 0 Å². The monoisotopic (exact) mass is 360 g/mol. The Hall–Kier alpha value is -2.41. The molecule has 0 saturated carbocycles. The third-order valence-electron chi connectivity index (χ3n) is 4.04. The Morgan fingerprint density at radius 2 is 2.04 bits per heavy atom. The number of aromatic nitrogens is 2. The Morgan fingerprint density at radius 1 is 1.24 bits per heavy atom. The van der Waals surface area contributed by atoms with E-state index in [9.17, 15) is 4.39 Å². The predicted octanol–water partition coefficient (Wildman–Crippen LogP) is 4.95. The van der Waals surface area contributed by atoms with Gasteiger partial charge >= 0.3 is 0 Å². The topological polar surface area (TPSA) is 54.2 Å². The maximum absolute atomic E-state index is 14.4. The lowest BCUT2D eigenvalue weighted by molar-refractivity contribution is 0.368. The molecule has 1 aromatic carbocycles. The smallest absolute Gasteiger partial charge is 0.249 e. The van der Waals surface area contributed by atoms with Gasteiger partial charge in [0.15, 0.2) is 0 Å². The zero-order chi connectivity index (χ0) is 18.0. The molecule has 5 nitrogen and oxygen atoms in total. The molecule has 0 fully saturated rings. The molecule has 1 unspecified atom stereocenters. The summed E-state index contributed by atoms with van der Waals surface area (Å²) in [7, 11) is 1.88. The van der Waals surface area contributed by atoms with Crippen molar-refractivity contribution in [2.45, 2.75) is 32.9 Å². The molecule has 2 aromatic heterocycles. The minimum Gasteiger partial charge on any atom is -0.374 e. The normalized spacial score (nSPS) is 12.4. The quantitative estimate of drug-likeness (QED) is 0.674. The number of anilines is 2. The summed E-state index contributed by atoms with van der Waals surface area (Å²) < 4.78 is 19.7. The summed E-state index contributed by atoms with van der Waals surface area (Å²) in [5, 5.41) is 9.16. The zero-order valence-corrected chi connectivity index (χ0v) is 15.5. The van der Waals surface area contributed by atoms with Gasteiger partial charge in [-0.3, -0.25) is 0 Å². The van der Waals surface area contributed by atoms with Crippen molar-refractivity contribution in [1.82, 2.24) is 10.1 Å². The number of hydrogen-bond donors (Lipinski definition) is 1. The summed E-state index contributed by atoms with van der Waals surface area (Å²) in [5.74, 6) is 0.768. The van der Waals surface area contributed by atoms with Gasteiger partial charge in [-0.05, 0) is 50.4 Å². The van der Waals surface area contributed by atoms with Crippen LogP contribution in [-0.4, -0.2) is 23.2 Å². The van der Waals surface area contributed by atoms with Crippen molar-refractivity contribution in [3.05, 3.63) is 47.4 Å². The first-order valence-corrected chi connectivity index (χ1v) is 9.00. The highest BCUT2D eigenvalue weighted by Gasteiger charge is 2.17. The van der Waals surface area contributed by atoms with Crippen LogP contribution >= 0.6 is 11.3 Å². The lowest BCUT2D eigenvalue weighted by Crippen LogP contribution is -2.26. The molecule has 0 aliphatic rings. The largest absolute Gasteiger partial charge is 0.374 e. The van der Waals surface area contributed by atoms with Crippen LogP contribution in [0.3, 0.4) is 0 Å². The minimum atomic E-state index is -0.266. The van der Waals surface area contributed by atoms with E-state index in [4.69, 9.17) is 4.52 Å². The molecular weight excluding hydrogens is 339 g/mol. The zero-order valence-electron chi connectivity index (χ0n) is 14.7. The molecule has 0 radical (unpaired) electrons. The first kappa shape index (κ1) is 17.4. The molecule has 3 rings (SSSR count). The van der Waals surface area contributed by atoms with Crippen LogP contribution in [0.5, 0.6) is 0 Å². The van der Waals surface area contributed by atoms with Crippen LogP contribution in [0.1, 0.15) is 32.7 Å². The van der Waals surface area contributed by atoms with Crippen LogP contribution in [0.4, 0.5) is 15.8 Å². The average Bonchev–Trinajstić information content (AvgIpc) is 3.25. The summed E-state index contributed by atoms with van der Waals surface area (Å²) in [6.45, 7) is 5.95. The van der Waals surface area contributed by atoms with Gasteiger partial charge in [0.1, 0.15) is 11.9 Å². The average molecular weight is 360 g/mol. The van der Waals surface area contributed by atoms with E-state index in [0.29, 0.717) is 23.1 Å². The van der Waals surface area contributed by atoms with E-state index in [1.807, 2.05) is 56.3 Å². The van der Waals surface area contributed by atoms with Crippen molar-refractivity contribution in [2.75, 3.05) is 17.3 Å². The lowest BCUT2D eigenvalue weighted by Gasteiger charge is -2.24. The highest BCUT2D eigenvalue weighted by atomic mass is 32.1. The molecule has 0 aliphatic heterocycles. The van der Waals surface area contributed by atoms with E-state index < -0.39 is 0 Å². The van der Waals surface area contributed by atoms with Gasteiger partial charge in [-0.2, -0.15) is 4.98 Å². The van der Waals surface area contributed by atoms with Crippen molar-refractivity contribution in [3.63, 3.8) is 0 Å². The van der Waals surface area contributed by atoms with E-state index in [2.05, 4.69) is 15.5 Å². The molecule has 25 heavy (non-hydrogen) atoms. The molecule has 7 heteroatoms. The molecule has 1 atom stereocenters. The third-order valence-corrected chi connectivity index (χ3v) is 4.90. The molecule has 132 valence electrons. The minimum absolute atomic E-state index is 0.223. The Bertz CT molecular complexity index is 831. The second-order valence-electron chi connectivity index (χ2n) is 6.17. The van der Waals surface area contributed by atoms with Crippen molar-refractivity contribution in [3.8, 4) is 10.7 Å². The van der Waals surface area contributed by atoms with Crippen LogP contribution in [0, 0.1) is 5.82 Å². The van der Waals surface area contributed by atoms with Crippen LogP contribution in [0.15, 0.2) is 40.2 Å². The second-order valence-corrected chi connectivity index (χ2v) is 7.12. The number of nitrogens with one attached hydrogen (secondary N) is 1. The van der Waals surface area contributed by atoms with Crippen LogP contribution < -0.4 is 10.2 Å². The maximum Gasteiger partial charge on any atom is 0.249 e. The van der Waals surface area contributed by atoms with Gasteiger partial charge in [-0.15, -0.1) is 11.3 Å². The molecule has 0 aliphatic carbocycles. The number of halogens is 1. The van der Waals surface area contributed by atoms with Crippen molar-refractivity contribution in [1.29, 1.82) is 0 Å². The molecule has 0 spiro atoms. The Kier molecular flexibility index (Phi) is 5.03. The molecule has 1 N–H and O–H groups in total. The molecule has 0 bridgehead atoms. The standard InChI is InChI=1S/C18H21FN4OS/c1-11(2)23(4)15-8-7-13(10-14(15)19)20-12(3)18-21-17(22-24-18)16-6-5-9-25-16/h5-12,20H,1-4H3. The molecule has 3 aromatic rings. The van der Waals surface area contributed by atoms with Crippen molar-refractivity contribution in [2.24, 2.45) is 0 Å². The fourth-order valence-corrected chi connectivity index (χ4v) is 3.04. The Balaban J connectivity index is 1.73. The van der Waals surface area contributed by atoms with E-state index in [0.717, 1.165) is 4.88 Å². The number of rotatable bonds is 6. The first-order chi connectivity index (χ1) is 12.0. The highest BCUT2D eigenvalue weighted by molar-refractivity contribution is 7.13. The number of benzene rings is 1. The summed E-state index contributed by atoms with van der Waals surface area (Å²) in [4.78, 5) is 7.26. The third kappa shape index (κ3) is 3.82. The predicted molar refractivity (Wildman–Crippen MR) is 99.6 cm³/mol. The number of thiophene rings is 1. The fourth-order valence-electron chi connectivity index (χ4n) is 2.39. The van der Waals surface area contributed by atoms with Crippen molar-refractivity contribution < 1.29 is 8.91 Å². The Labute approximate surface area is 150 Å². The van der Waals surface area contributed by atoms with Crippen LogP contribution in [0.2, 0.25) is 0 Å². The van der Waals surface area contributed by atoms with E-state index >= 15 is 0 Å². The van der Waals surface area contributed by atoms with E-state index in [-0.39, 0.29) is 17.9 Å². The second kappa shape index (κ2) is 7.23. The summed E-state index contributed by atoms with van der Waals surface area (Å²) in [6, 6.07) is 8.99. The summed E-state index contributed by atoms with van der Waals surface area (Å²) >= 11 is 1.55. The summed E-state index contributed by atoms with van der Waals surface area (Å²) in [5.41, 5.74) is 1.24. The van der Waals surface area contributed by atoms with E-state index in [1.165, 1.54) is 6.07 Å². The molecule has 0 saturated heterocycles. The van der Waals surface area contributed by atoms with Gasteiger partial charge in [0.05, 0.1) is 10.6 Å². The fraction of sp³-hybridized carbons (Fsp3) is 0.333. The van der Waals surface area contributed by atoms with Gasteiger partial charge in [0.2, 0.25) is 11.7 Å². The van der Waals surface area contributed by atoms with Crippen molar-refractivity contribution >= 4 is 22.7 Å². The molecule has 2 heterocycles. The van der Waals surface area contributed by atoms with Crippen LogP contribution in [0.25, 0.3) is 10.7 Å². The van der Waals surface area contributed by atoms with Crippen LogP contribution in [-0.2, 0) is 0 Å². The number of nitrogens with zero attached hydrogens (tertiary/aromatic N) is 3. The SMILES string of the molecule is CC(Nc1ccc(N(C)C(C)C)c(F)c1)c1nc(-c2cccs2)no1. The lowest BCUT2D eigenvalue weighted by atomic mass is 10.2. The van der Waals surface area contributed by atoms with Gasteiger partial charge < -0.3 is 14.7 Å². The maximum atomic E-state index is 14.4. The van der Waals surface area contributed by atoms with E-state index in [1.54, 1.807) is 17.4 Å². The van der Waals surface area contributed by atoms with Gasteiger partial charge in [-0.25, -0.2) is 4.39 Å². The van der Waals surface area contributed by atoms with Gasteiger partial charge in [0, 0.05) is 18.8 Å². The molecule has 0 amide bonds. The highest BCUT2D eigenvalue weighted by Crippen LogP contribution is 2.27. The Morgan fingerprint density at radius 3 is 2.68 bits per heavy atom. The number of hydrogen-bond acceptors (Lipinski definition) is 6. The summed E-state index contributed by atoms with van der Waals surface area (Å²) in [6.07, 6.45) is 0.